The highest BCUT2D eigenvalue weighted by atomic mass is 19.4. The lowest BCUT2D eigenvalue weighted by Crippen LogP contribution is -2.49. The third-order valence-electron chi connectivity index (χ3n) is 2.50. The number of anilines is 1. The fourth-order valence-corrected chi connectivity index (χ4v) is 1.45. The van der Waals surface area contributed by atoms with Crippen LogP contribution in [0.4, 0.5) is 18.9 Å². The Morgan fingerprint density at radius 2 is 1.95 bits per heavy atom. The van der Waals surface area contributed by atoms with Crippen molar-refractivity contribution in [3.05, 3.63) is 24.0 Å². The van der Waals surface area contributed by atoms with Crippen molar-refractivity contribution in [1.29, 1.82) is 0 Å². The SMILES string of the molecule is CCNC(C)(C)C(=O)Nc1ccc(C(F)(F)F)nc1. The zero-order chi connectivity index (χ0) is 14.7. The number of alkyl halides is 3. The lowest BCUT2D eigenvalue weighted by atomic mass is 10.0. The predicted molar refractivity (Wildman–Crippen MR) is 65.6 cm³/mol. The van der Waals surface area contributed by atoms with E-state index in [1.807, 2.05) is 6.92 Å². The average Bonchev–Trinajstić information content (AvgIpc) is 2.28. The lowest BCUT2D eigenvalue weighted by molar-refractivity contribution is -0.141. The van der Waals surface area contributed by atoms with Crippen molar-refractivity contribution in [3.63, 3.8) is 0 Å². The van der Waals surface area contributed by atoms with E-state index < -0.39 is 17.4 Å². The molecule has 0 aliphatic carbocycles. The van der Waals surface area contributed by atoms with Gasteiger partial charge in [-0.05, 0) is 32.5 Å². The summed E-state index contributed by atoms with van der Waals surface area (Å²) in [5.74, 6) is -0.337. The maximum absolute atomic E-state index is 12.3. The predicted octanol–water partition coefficient (Wildman–Crippen LogP) is 2.43. The Morgan fingerprint density at radius 3 is 2.37 bits per heavy atom. The van der Waals surface area contributed by atoms with E-state index in [0.29, 0.717) is 6.54 Å². The van der Waals surface area contributed by atoms with E-state index in [0.717, 1.165) is 12.3 Å². The zero-order valence-corrected chi connectivity index (χ0v) is 10.9. The highest BCUT2D eigenvalue weighted by Gasteiger charge is 2.32. The van der Waals surface area contributed by atoms with E-state index in [9.17, 15) is 18.0 Å². The normalized spacial score (nSPS) is 12.3. The number of carbonyl (C=O) groups excluding carboxylic acids is 1. The summed E-state index contributed by atoms with van der Waals surface area (Å²) >= 11 is 0. The van der Waals surface area contributed by atoms with Crippen LogP contribution in [0.25, 0.3) is 0 Å². The molecular weight excluding hydrogens is 259 g/mol. The van der Waals surface area contributed by atoms with Crippen molar-refractivity contribution < 1.29 is 18.0 Å². The molecule has 1 aromatic heterocycles. The second-order valence-corrected chi connectivity index (χ2v) is 4.54. The molecule has 7 heteroatoms. The maximum atomic E-state index is 12.3. The van der Waals surface area contributed by atoms with Gasteiger partial charge in [-0.15, -0.1) is 0 Å². The zero-order valence-electron chi connectivity index (χ0n) is 10.9. The number of nitrogens with one attached hydrogen (secondary N) is 2. The maximum Gasteiger partial charge on any atom is 0.433 e. The molecule has 0 saturated carbocycles. The number of hydrogen-bond acceptors (Lipinski definition) is 3. The Labute approximate surface area is 109 Å². The number of rotatable bonds is 4. The Balaban J connectivity index is 2.76. The van der Waals surface area contributed by atoms with E-state index in [4.69, 9.17) is 0 Å². The highest BCUT2D eigenvalue weighted by Crippen LogP contribution is 2.27. The minimum atomic E-state index is -4.48. The number of hydrogen-bond donors (Lipinski definition) is 2. The van der Waals surface area contributed by atoms with Crippen LogP contribution in [0.5, 0.6) is 0 Å². The van der Waals surface area contributed by atoms with Crippen molar-refractivity contribution in [3.8, 4) is 0 Å². The van der Waals surface area contributed by atoms with E-state index in [1.54, 1.807) is 13.8 Å². The molecule has 1 rings (SSSR count). The van der Waals surface area contributed by atoms with Crippen molar-refractivity contribution in [2.45, 2.75) is 32.5 Å². The van der Waals surface area contributed by atoms with Crippen LogP contribution < -0.4 is 10.6 Å². The highest BCUT2D eigenvalue weighted by molar-refractivity contribution is 5.97. The van der Waals surface area contributed by atoms with Crippen LogP contribution in [0.2, 0.25) is 0 Å². The van der Waals surface area contributed by atoms with Gasteiger partial charge >= 0.3 is 6.18 Å². The van der Waals surface area contributed by atoms with Crippen molar-refractivity contribution >= 4 is 11.6 Å². The van der Waals surface area contributed by atoms with E-state index in [-0.39, 0.29) is 11.6 Å². The molecule has 0 radical (unpaired) electrons. The Morgan fingerprint density at radius 1 is 1.32 bits per heavy atom. The molecule has 0 unspecified atom stereocenters. The molecule has 0 aliphatic heterocycles. The Hall–Kier alpha value is -1.63. The lowest BCUT2D eigenvalue weighted by Gasteiger charge is -2.24. The molecule has 4 nitrogen and oxygen atoms in total. The van der Waals surface area contributed by atoms with Crippen molar-refractivity contribution in [2.75, 3.05) is 11.9 Å². The first-order valence-corrected chi connectivity index (χ1v) is 5.76. The topological polar surface area (TPSA) is 54.0 Å². The number of aromatic nitrogens is 1. The van der Waals surface area contributed by atoms with Crippen LogP contribution >= 0.6 is 0 Å². The summed E-state index contributed by atoms with van der Waals surface area (Å²) in [6, 6.07) is 2.01. The summed E-state index contributed by atoms with van der Waals surface area (Å²) in [4.78, 5) is 15.2. The van der Waals surface area contributed by atoms with Gasteiger partial charge in [-0.25, -0.2) is 4.98 Å². The van der Waals surface area contributed by atoms with Gasteiger partial charge in [0.2, 0.25) is 5.91 Å². The fraction of sp³-hybridized carbons (Fsp3) is 0.500. The number of halogens is 3. The number of nitrogens with zero attached hydrogens (tertiary/aromatic N) is 1. The molecule has 1 aromatic rings. The third-order valence-corrected chi connectivity index (χ3v) is 2.50. The second kappa shape index (κ2) is 5.56. The van der Waals surface area contributed by atoms with Crippen LogP contribution in [0.3, 0.4) is 0 Å². The van der Waals surface area contributed by atoms with Crippen molar-refractivity contribution in [1.82, 2.24) is 10.3 Å². The van der Waals surface area contributed by atoms with Gasteiger partial charge in [-0.3, -0.25) is 4.79 Å². The first kappa shape index (κ1) is 15.4. The molecular formula is C12H16F3N3O. The van der Waals surface area contributed by atoms with Crippen LogP contribution in [0.1, 0.15) is 26.5 Å². The van der Waals surface area contributed by atoms with Gasteiger partial charge in [0.15, 0.2) is 0 Å². The fourth-order valence-electron chi connectivity index (χ4n) is 1.45. The summed E-state index contributed by atoms with van der Waals surface area (Å²) in [5, 5.41) is 5.48. The summed E-state index contributed by atoms with van der Waals surface area (Å²) in [7, 11) is 0. The van der Waals surface area contributed by atoms with Crippen LogP contribution in [0.15, 0.2) is 18.3 Å². The molecule has 0 spiro atoms. The molecule has 2 N–H and O–H groups in total. The molecule has 0 aliphatic rings. The summed E-state index contributed by atoms with van der Waals surface area (Å²) < 4.78 is 36.9. The molecule has 0 fully saturated rings. The molecule has 0 aromatic carbocycles. The second-order valence-electron chi connectivity index (χ2n) is 4.54. The Bertz CT molecular complexity index is 441. The number of amides is 1. The first-order valence-electron chi connectivity index (χ1n) is 5.76. The molecule has 0 bridgehead atoms. The third kappa shape index (κ3) is 4.20. The van der Waals surface area contributed by atoms with Crippen molar-refractivity contribution in [2.24, 2.45) is 0 Å². The summed E-state index contributed by atoms with van der Waals surface area (Å²) in [5.41, 5.74) is -1.57. The molecule has 1 amide bonds. The molecule has 106 valence electrons. The standard InChI is InChI=1S/C12H16F3N3O/c1-4-17-11(2,3)10(19)18-8-5-6-9(16-7-8)12(13,14)15/h5-7,17H,4H2,1-3H3,(H,18,19). The van der Waals surface area contributed by atoms with Gasteiger partial charge < -0.3 is 10.6 Å². The van der Waals surface area contributed by atoms with Crippen LogP contribution in [-0.4, -0.2) is 23.0 Å². The first-order chi connectivity index (χ1) is 8.66. The number of carbonyl (C=O) groups is 1. The molecule has 0 saturated heterocycles. The van der Waals surface area contributed by atoms with Gasteiger partial charge in [-0.1, -0.05) is 6.92 Å². The van der Waals surface area contributed by atoms with Gasteiger partial charge in [0.05, 0.1) is 17.4 Å². The van der Waals surface area contributed by atoms with E-state index >= 15 is 0 Å². The van der Waals surface area contributed by atoms with Crippen LogP contribution in [-0.2, 0) is 11.0 Å². The quantitative estimate of drug-likeness (QED) is 0.887. The molecule has 0 atom stereocenters. The van der Waals surface area contributed by atoms with Gasteiger partial charge in [0.25, 0.3) is 0 Å². The van der Waals surface area contributed by atoms with Crippen LogP contribution in [0, 0.1) is 0 Å². The minimum absolute atomic E-state index is 0.226. The number of pyridine rings is 1. The summed E-state index contributed by atoms with van der Waals surface area (Å²) in [6.45, 7) is 5.83. The van der Waals surface area contributed by atoms with E-state index in [1.165, 1.54) is 6.07 Å². The monoisotopic (exact) mass is 275 g/mol. The number of likely N-dealkylation sites (N-methyl/N-ethyl adjacent to an activating group) is 1. The van der Waals surface area contributed by atoms with Gasteiger partial charge in [-0.2, -0.15) is 13.2 Å². The van der Waals surface area contributed by atoms with Gasteiger partial charge in [0.1, 0.15) is 5.69 Å². The molecule has 1 heterocycles. The van der Waals surface area contributed by atoms with E-state index in [2.05, 4.69) is 15.6 Å². The average molecular weight is 275 g/mol. The molecule has 19 heavy (non-hydrogen) atoms. The van der Waals surface area contributed by atoms with Gasteiger partial charge in [0, 0.05) is 0 Å². The smallest absolute Gasteiger partial charge is 0.323 e. The Kier molecular flexibility index (Phi) is 4.52. The summed E-state index contributed by atoms with van der Waals surface area (Å²) in [6.07, 6.45) is -3.49. The largest absolute Gasteiger partial charge is 0.433 e. The minimum Gasteiger partial charge on any atom is -0.323 e.